The van der Waals surface area contributed by atoms with Gasteiger partial charge in [-0.15, -0.1) is 0 Å². The molecule has 0 fully saturated rings. The van der Waals surface area contributed by atoms with Crippen molar-refractivity contribution in [2.45, 2.75) is 78.6 Å². The Hall–Kier alpha value is -1.24. The van der Waals surface area contributed by atoms with E-state index in [-0.39, 0.29) is 0 Å². The molecule has 24 heavy (non-hydrogen) atoms. The molecule has 1 aliphatic carbocycles. The maximum Gasteiger partial charge on any atom is 0.119 e. The summed E-state index contributed by atoms with van der Waals surface area (Å²) in [5, 5.41) is 0. The lowest BCUT2D eigenvalue weighted by Gasteiger charge is -2.24. The summed E-state index contributed by atoms with van der Waals surface area (Å²) in [6.45, 7) is 7.79. The van der Waals surface area contributed by atoms with Crippen LogP contribution in [0.2, 0.25) is 0 Å². The van der Waals surface area contributed by atoms with E-state index < -0.39 is 0 Å². The maximum absolute atomic E-state index is 5.85. The first-order valence-corrected chi connectivity index (χ1v) is 10.1. The summed E-state index contributed by atoms with van der Waals surface area (Å²) in [5.74, 6) is 2.79. The Morgan fingerprint density at radius 1 is 1.08 bits per heavy atom. The Morgan fingerprint density at radius 3 is 2.50 bits per heavy atom. The molecule has 0 bridgehead atoms. The van der Waals surface area contributed by atoms with Crippen LogP contribution in [0.15, 0.2) is 30.3 Å². The van der Waals surface area contributed by atoms with Crippen molar-refractivity contribution in [3.05, 3.63) is 35.9 Å². The molecule has 0 amide bonds. The third-order valence-corrected chi connectivity index (χ3v) is 5.44. The molecule has 0 aromatic heterocycles. The van der Waals surface area contributed by atoms with Gasteiger partial charge in [-0.3, -0.25) is 0 Å². The molecule has 2 unspecified atom stereocenters. The van der Waals surface area contributed by atoms with Gasteiger partial charge in [0.1, 0.15) is 5.75 Å². The lowest BCUT2D eigenvalue weighted by Crippen LogP contribution is -2.09. The number of hydrogen-bond donors (Lipinski definition) is 0. The number of benzene rings is 1. The van der Waals surface area contributed by atoms with Crippen molar-refractivity contribution in [1.82, 2.24) is 0 Å². The van der Waals surface area contributed by atoms with E-state index in [4.69, 9.17) is 4.74 Å². The van der Waals surface area contributed by atoms with Gasteiger partial charge in [0.25, 0.3) is 0 Å². The molecule has 0 saturated carbocycles. The Bertz CT molecular complexity index is 485. The molecule has 134 valence electrons. The van der Waals surface area contributed by atoms with Crippen LogP contribution in [0.1, 0.15) is 84.1 Å². The molecule has 1 aliphatic rings. The smallest absolute Gasteiger partial charge is 0.119 e. The van der Waals surface area contributed by atoms with Crippen molar-refractivity contribution in [2.24, 2.45) is 11.8 Å². The van der Waals surface area contributed by atoms with Gasteiger partial charge in [-0.05, 0) is 67.2 Å². The van der Waals surface area contributed by atoms with Crippen LogP contribution in [0.5, 0.6) is 5.75 Å². The lowest BCUT2D eigenvalue weighted by molar-refractivity contribution is 0.305. The predicted molar refractivity (Wildman–Crippen MR) is 105 cm³/mol. The first kappa shape index (κ1) is 19.1. The van der Waals surface area contributed by atoms with E-state index in [1.165, 1.54) is 62.5 Å². The second kappa shape index (κ2) is 10.6. The van der Waals surface area contributed by atoms with Crippen LogP contribution >= 0.6 is 0 Å². The van der Waals surface area contributed by atoms with Crippen molar-refractivity contribution >= 4 is 5.57 Å². The van der Waals surface area contributed by atoms with Gasteiger partial charge >= 0.3 is 0 Å². The average Bonchev–Trinajstić information content (AvgIpc) is 2.63. The van der Waals surface area contributed by atoms with Crippen LogP contribution in [-0.2, 0) is 0 Å². The fourth-order valence-corrected chi connectivity index (χ4v) is 3.58. The highest BCUT2D eigenvalue weighted by atomic mass is 16.5. The van der Waals surface area contributed by atoms with Gasteiger partial charge in [0, 0.05) is 0 Å². The fourth-order valence-electron chi connectivity index (χ4n) is 3.58. The first-order valence-electron chi connectivity index (χ1n) is 10.1. The zero-order chi connectivity index (χ0) is 17.2. The number of hydrogen-bond acceptors (Lipinski definition) is 1. The summed E-state index contributed by atoms with van der Waals surface area (Å²) >= 11 is 0. The van der Waals surface area contributed by atoms with Crippen molar-refractivity contribution in [1.29, 1.82) is 0 Å². The van der Waals surface area contributed by atoms with Gasteiger partial charge in [0.15, 0.2) is 0 Å². The van der Waals surface area contributed by atoms with E-state index in [9.17, 15) is 0 Å². The Kier molecular flexibility index (Phi) is 8.42. The molecule has 1 nitrogen and oxygen atoms in total. The topological polar surface area (TPSA) is 9.23 Å². The molecule has 0 aliphatic heterocycles. The van der Waals surface area contributed by atoms with Gasteiger partial charge in [0.05, 0.1) is 6.61 Å². The minimum absolute atomic E-state index is 0.847. The van der Waals surface area contributed by atoms with Crippen LogP contribution in [-0.4, -0.2) is 6.61 Å². The zero-order valence-electron chi connectivity index (χ0n) is 16.0. The maximum atomic E-state index is 5.85. The van der Waals surface area contributed by atoms with Crippen LogP contribution in [0.3, 0.4) is 0 Å². The molecule has 0 N–H and O–H groups in total. The van der Waals surface area contributed by atoms with Gasteiger partial charge in [0.2, 0.25) is 0 Å². The molecule has 1 aromatic carbocycles. The molecular formula is C23H36O. The third kappa shape index (κ3) is 6.34. The highest BCUT2D eigenvalue weighted by Gasteiger charge is 2.17. The third-order valence-electron chi connectivity index (χ3n) is 5.44. The van der Waals surface area contributed by atoms with Gasteiger partial charge in [-0.1, -0.05) is 64.7 Å². The SMILES string of the molecule is CCCCCCOc1ccc(C2=CCC(CC(C)CC)CC2)cc1. The van der Waals surface area contributed by atoms with Gasteiger partial charge < -0.3 is 4.74 Å². The molecule has 0 saturated heterocycles. The van der Waals surface area contributed by atoms with E-state index in [0.717, 1.165) is 30.6 Å². The normalized spacial score (nSPS) is 19.0. The quantitative estimate of drug-likeness (QED) is 0.410. The Balaban J connectivity index is 1.79. The molecule has 2 rings (SSSR count). The fraction of sp³-hybridized carbons (Fsp3) is 0.652. The van der Waals surface area contributed by atoms with Crippen LogP contribution in [0, 0.1) is 11.8 Å². The molecule has 1 aromatic rings. The average molecular weight is 329 g/mol. The predicted octanol–water partition coefficient (Wildman–Crippen LogP) is 7.27. The molecule has 0 heterocycles. The van der Waals surface area contributed by atoms with Crippen molar-refractivity contribution in [2.75, 3.05) is 6.61 Å². The minimum Gasteiger partial charge on any atom is -0.494 e. The summed E-state index contributed by atoms with van der Waals surface area (Å²) in [7, 11) is 0. The van der Waals surface area contributed by atoms with Crippen LogP contribution in [0.25, 0.3) is 5.57 Å². The number of allylic oxidation sites excluding steroid dienone is 2. The highest BCUT2D eigenvalue weighted by molar-refractivity contribution is 5.66. The number of rotatable bonds is 10. The zero-order valence-corrected chi connectivity index (χ0v) is 16.0. The second-order valence-corrected chi connectivity index (χ2v) is 7.55. The standard InChI is InChI=1S/C23H36O/c1-4-6-7-8-17-24-23-15-13-22(14-16-23)21-11-9-20(10-12-21)18-19(3)5-2/h11,13-16,19-20H,4-10,12,17-18H2,1-3H3. The van der Waals surface area contributed by atoms with Gasteiger partial charge in [-0.25, -0.2) is 0 Å². The van der Waals surface area contributed by atoms with Crippen LogP contribution in [0.4, 0.5) is 0 Å². The van der Waals surface area contributed by atoms with Gasteiger partial charge in [-0.2, -0.15) is 0 Å². The van der Waals surface area contributed by atoms with Crippen molar-refractivity contribution in [3.63, 3.8) is 0 Å². The van der Waals surface area contributed by atoms with E-state index in [1.54, 1.807) is 0 Å². The van der Waals surface area contributed by atoms with Crippen LogP contribution < -0.4 is 4.74 Å². The monoisotopic (exact) mass is 328 g/mol. The minimum atomic E-state index is 0.847. The largest absolute Gasteiger partial charge is 0.494 e. The van der Waals surface area contributed by atoms with E-state index >= 15 is 0 Å². The second-order valence-electron chi connectivity index (χ2n) is 7.55. The molecule has 1 heteroatoms. The Labute approximate surface area is 149 Å². The summed E-state index contributed by atoms with van der Waals surface area (Å²) in [6.07, 6.45) is 14.1. The molecule has 0 radical (unpaired) electrons. The summed E-state index contributed by atoms with van der Waals surface area (Å²) in [6, 6.07) is 8.76. The highest BCUT2D eigenvalue weighted by Crippen LogP contribution is 2.34. The Morgan fingerprint density at radius 2 is 1.88 bits per heavy atom. The summed E-state index contributed by atoms with van der Waals surface area (Å²) < 4.78 is 5.85. The summed E-state index contributed by atoms with van der Waals surface area (Å²) in [5.41, 5.74) is 2.92. The number of unbranched alkanes of at least 4 members (excludes halogenated alkanes) is 3. The van der Waals surface area contributed by atoms with Crippen molar-refractivity contribution in [3.8, 4) is 5.75 Å². The molecule has 0 spiro atoms. The molecular weight excluding hydrogens is 292 g/mol. The van der Waals surface area contributed by atoms with E-state index in [1.807, 2.05) is 0 Å². The van der Waals surface area contributed by atoms with Crippen molar-refractivity contribution < 1.29 is 4.74 Å². The van der Waals surface area contributed by atoms with E-state index in [2.05, 4.69) is 51.1 Å². The molecule has 2 atom stereocenters. The van der Waals surface area contributed by atoms with E-state index in [0.29, 0.717) is 0 Å². The first-order chi connectivity index (χ1) is 11.7. The summed E-state index contributed by atoms with van der Waals surface area (Å²) in [4.78, 5) is 0. The number of ether oxygens (including phenoxy) is 1. The lowest BCUT2D eigenvalue weighted by atomic mass is 9.81.